The second-order valence-corrected chi connectivity index (χ2v) is 2.99. The van der Waals surface area contributed by atoms with Crippen molar-refractivity contribution in [3.8, 4) is 0 Å². The van der Waals surface area contributed by atoms with Gasteiger partial charge in [0.1, 0.15) is 0 Å². The second kappa shape index (κ2) is 2.94. The first-order valence-electron chi connectivity index (χ1n) is 4.15. The van der Waals surface area contributed by atoms with Gasteiger partial charge in [-0.05, 0) is 30.5 Å². The third-order valence-corrected chi connectivity index (χ3v) is 2.08. The van der Waals surface area contributed by atoms with E-state index in [2.05, 4.69) is 36.2 Å². The second-order valence-electron chi connectivity index (χ2n) is 2.99. The molecule has 0 bridgehead atoms. The molecule has 1 heteroatoms. The van der Waals surface area contributed by atoms with Crippen LogP contribution in [0.1, 0.15) is 18.2 Å². The van der Waals surface area contributed by atoms with E-state index in [1.807, 2.05) is 12.3 Å². The Bertz CT molecular complexity index is 348. The van der Waals surface area contributed by atoms with Gasteiger partial charge < -0.3 is 0 Å². The van der Waals surface area contributed by atoms with Gasteiger partial charge in [0, 0.05) is 6.20 Å². The summed E-state index contributed by atoms with van der Waals surface area (Å²) in [6, 6.07) is 4.13. The van der Waals surface area contributed by atoms with E-state index in [1.165, 1.54) is 11.1 Å². The Hall–Kier alpha value is -1.37. The van der Waals surface area contributed by atoms with Crippen LogP contribution in [0.3, 0.4) is 0 Å². The summed E-state index contributed by atoms with van der Waals surface area (Å²) in [4.78, 5) is 4.35. The highest BCUT2D eigenvalue weighted by molar-refractivity contribution is 5.66. The molecule has 0 aromatic carbocycles. The molecule has 2 rings (SSSR count). The molecule has 0 fully saturated rings. The fraction of sp³-hybridized carbons (Fsp3) is 0.182. The average molecular weight is 157 g/mol. The first-order chi connectivity index (χ1) is 5.88. The smallest absolute Gasteiger partial charge is 0.0693 e. The number of hydrogen-bond acceptors (Lipinski definition) is 1. The van der Waals surface area contributed by atoms with Crippen LogP contribution in [0, 0.1) is 0 Å². The summed E-state index contributed by atoms with van der Waals surface area (Å²) < 4.78 is 0. The molecule has 0 aliphatic heterocycles. The van der Waals surface area contributed by atoms with Crippen LogP contribution in [-0.2, 0) is 6.42 Å². The van der Waals surface area contributed by atoms with Crippen molar-refractivity contribution in [1.82, 2.24) is 4.98 Å². The highest BCUT2D eigenvalue weighted by Gasteiger charge is 2.04. The van der Waals surface area contributed by atoms with Gasteiger partial charge in [0.2, 0.25) is 0 Å². The first kappa shape index (κ1) is 7.29. The lowest BCUT2D eigenvalue weighted by Gasteiger charge is -2.03. The zero-order valence-electron chi connectivity index (χ0n) is 7.12. The largest absolute Gasteiger partial charge is 0.256 e. The zero-order valence-corrected chi connectivity index (χ0v) is 7.12. The minimum Gasteiger partial charge on any atom is -0.256 e. The lowest BCUT2D eigenvalue weighted by atomic mass is 10.1. The molecule has 0 radical (unpaired) electrons. The van der Waals surface area contributed by atoms with Crippen molar-refractivity contribution in [1.29, 1.82) is 0 Å². The van der Waals surface area contributed by atoms with Crippen molar-refractivity contribution in [2.45, 2.75) is 13.3 Å². The SMILES string of the molecule is CC1=CC=CCc2cccnc21. The van der Waals surface area contributed by atoms with Crippen molar-refractivity contribution in [3.05, 3.63) is 47.8 Å². The summed E-state index contributed by atoms with van der Waals surface area (Å²) in [7, 11) is 0. The number of nitrogens with zero attached hydrogens (tertiary/aromatic N) is 1. The van der Waals surface area contributed by atoms with Gasteiger partial charge in [-0.25, -0.2) is 0 Å². The van der Waals surface area contributed by atoms with E-state index in [0.29, 0.717) is 0 Å². The van der Waals surface area contributed by atoms with Crippen LogP contribution in [0.25, 0.3) is 5.57 Å². The van der Waals surface area contributed by atoms with E-state index in [9.17, 15) is 0 Å². The third kappa shape index (κ3) is 1.18. The number of hydrogen-bond donors (Lipinski definition) is 0. The van der Waals surface area contributed by atoms with Crippen molar-refractivity contribution in [2.24, 2.45) is 0 Å². The standard InChI is InChI=1S/C11H11N/c1-9-5-2-3-6-10-7-4-8-12-11(9)10/h2-5,7-8H,6H2,1H3. The maximum atomic E-state index is 4.35. The minimum absolute atomic E-state index is 0.997. The van der Waals surface area contributed by atoms with Crippen LogP contribution in [0.2, 0.25) is 0 Å². The molecule has 1 nitrogen and oxygen atoms in total. The molecule has 0 unspecified atom stereocenters. The van der Waals surface area contributed by atoms with Crippen molar-refractivity contribution in [3.63, 3.8) is 0 Å². The Morgan fingerprint density at radius 2 is 2.33 bits per heavy atom. The van der Waals surface area contributed by atoms with Gasteiger partial charge in [-0.2, -0.15) is 0 Å². The molecule has 1 heterocycles. The molecule has 60 valence electrons. The normalized spacial score (nSPS) is 14.9. The molecule has 1 aliphatic carbocycles. The van der Waals surface area contributed by atoms with E-state index in [0.717, 1.165) is 12.1 Å². The summed E-state index contributed by atoms with van der Waals surface area (Å²) in [5, 5.41) is 0. The van der Waals surface area contributed by atoms with Gasteiger partial charge in [-0.3, -0.25) is 4.98 Å². The topological polar surface area (TPSA) is 12.9 Å². The Morgan fingerprint density at radius 3 is 3.25 bits per heavy atom. The van der Waals surface area contributed by atoms with Gasteiger partial charge >= 0.3 is 0 Å². The third-order valence-electron chi connectivity index (χ3n) is 2.08. The predicted octanol–water partition coefficient (Wildman–Crippen LogP) is 2.60. The Balaban J connectivity index is 2.58. The molecule has 1 aromatic heterocycles. The zero-order chi connectivity index (χ0) is 8.39. The van der Waals surface area contributed by atoms with Crippen LogP contribution < -0.4 is 0 Å². The van der Waals surface area contributed by atoms with Crippen LogP contribution >= 0.6 is 0 Å². The van der Waals surface area contributed by atoms with Crippen molar-refractivity contribution < 1.29 is 0 Å². The molecular formula is C11H11N. The summed E-state index contributed by atoms with van der Waals surface area (Å²) in [5.41, 5.74) is 3.71. The summed E-state index contributed by atoms with van der Waals surface area (Å²) in [6.07, 6.45) is 9.21. The maximum Gasteiger partial charge on any atom is 0.0693 e. The lowest BCUT2D eigenvalue weighted by molar-refractivity contribution is 1.16. The molecule has 1 aromatic rings. The van der Waals surface area contributed by atoms with E-state index in [1.54, 1.807) is 0 Å². The molecule has 1 aliphatic rings. The van der Waals surface area contributed by atoms with Gasteiger partial charge in [0.15, 0.2) is 0 Å². The Labute approximate surface area is 72.5 Å². The van der Waals surface area contributed by atoms with Gasteiger partial charge in [0.05, 0.1) is 5.69 Å². The van der Waals surface area contributed by atoms with Gasteiger partial charge in [0.25, 0.3) is 0 Å². The van der Waals surface area contributed by atoms with Crippen LogP contribution in [0.5, 0.6) is 0 Å². The van der Waals surface area contributed by atoms with Crippen molar-refractivity contribution in [2.75, 3.05) is 0 Å². The van der Waals surface area contributed by atoms with E-state index in [4.69, 9.17) is 0 Å². The molecular weight excluding hydrogens is 146 g/mol. The molecule has 12 heavy (non-hydrogen) atoms. The number of allylic oxidation sites excluding steroid dienone is 4. The van der Waals surface area contributed by atoms with Crippen LogP contribution in [0.4, 0.5) is 0 Å². The van der Waals surface area contributed by atoms with Gasteiger partial charge in [-0.15, -0.1) is 0 Å². The van der Waals surface area contributed by atoms with Crippen LogP contribution in [-0.4, -0.2) is 4.98 Å². The van der Waals surface area contributed by atoms with E-state index >= 15 is 0 Å². The van der Waals surface area contributed by atoms with Crippen molar-refractivity contribution >= 4 is 5.57 Å². The number of fused-ring (bicyclic) bond motifs is 1. The van der Waals surface area contributed by atoms with E-state index in [-0.39, 0.29) is 0 Å². The fourth-order valence-corrected chi connectivity index (χ4v) is 1.44. The maximum absolute atomic E-state index is 4.35. The summed E-state index contributed by atoms with van der Waals surface area (Å²) in [6.45, 7) is 2.10. The van der Waals surface area contributed by atoms with Gasteiger partial charge in [-0.1, -0.05) is 24.3 Å². The first-order valence-corrected chi connectivity index (χ1v) is 4.15. The minimum atomic E-state index is 0.997. The highest BCUT2D eigenvalue weighted by atomic mass is 14.7. The molecule has 0 saturated carbocycles. The predicted molar refractivity (Wildman–Crippen MR) is 50.7 cm³/mol. The molecule has 0 N–H and O–H groups in total. The average Bonchev–Trinajstić information content (AvgIpc) is 2.29. The highest BCUT2D eigenvalue weighted by Crippen LogP contribution is 2.19. The molecule has 0 spiro atoms. The number of aromatic nitrogens is 1. The summed E-state index contributed by atoms with van der Waals surface area (Å²) in [5.74, 6) is 0. The fourth-order valence-electron chi connectivity index (χ4n) is 1.44. The quantitative estimate of drug-likeness (QED) is 0.564. The Morgan fingerprint density at radius 1 is 1.42 bits per heavy atom. The Kier molecular flexibility index (Phi) is 1.78. The summed E-state index contributed by atoms with van der Waals surface area (Å²) >= 11 is 0. The molecule has 0 saturated heterocycles. The number of rotatable bonds is 0. The van der Waals surface area contributed by atoms with Crippen LogP contribution in [0.15, 0.2) is 36.6 Å². The molecule has 0 atom stereocenters. The monoisotopic (exact) mass is 157 g/mol. The lowest BCUT2D eigenvalue weighted by Crippen LogP contribution is -1.91. The number of pyridine rings is 1. The van der Waals surface area contributed by atoms with E-state index < -0.39 is 0 Å². The molecule has 0 amide bonds.